The number of hydrogen-bond acceptors (Lipinski definition) is 3. The molecule has 0 spiro atoms. The number of Topliss-reactive ketones (excluding diaryl/α,β-unsaturated/α-hetero) is 1. The van der Waals surface area contributed by atoms with E-state index in [0.29, 0.717) is 18.4 Å². The number of carboxylic acid groups (broad SMARTS) is 1. The number of rotatable bonds is 7. The van der Waals surface area contributed by atoms with E-state index in [-0.39, 0.29) is 17.7 Å². The van der Waals surface area contributed by atoms with E-state index in [4.69, 9.17) is 10.2 Å². The molecule has 0 radical (unpaired) electrons. The standard InChI is InChI=1S/C13H15BrINO4/c14-8-11(18)10-3-1-9(2-4-10)7-13(15,5-6-17)16-12(19)20/h1-4,16-17H,5-8H2,(H,19,20)/t13-/m0/s1. The fraction of sp³-hybridized carbons (Fsp3) is 0.385. The molecule has 1 aromatic carbocycles. The monoisotopic (exact) mass is 455 g/mol. The van der Waals surface area contributed by atoms with Crippen molar-refractivity contribution in [3.8, 4) is 0 Å². The molecule has 110 valence electrons. The lowest BCUT2D eigenvalue weighted by atomic mass is 10.0. The summed E-state index contributed by atoms with van der Waals surface area (Å²) >= 11 is 5.11. The summed E-state index contributed by atoms with van der Waals surface area (Å²) in [6, 6.07) is 7.03. The van der Waals surface area contributed by atoms with Crippen LogP contribution in [0.25, 0.3) is 0 Å². The molecule has 3 N–H and O–H groups in total. The van der Waals surface area contributed by atoms with Crippen molar-refractivity contribution in [1.29, 1.82) is 0 Å². The molecule has 0 fully saturated rings. The number of halogens is 2. The van der Waals surface area contributed by atoms with E-state index in [1.165, 1.54) is 0 Å². The Morgan fingerprint density at radius 3 is 2.35 bits per heavy atom. The number of aliphatic hydroxyl groups is 1. The fourth-order valence-corrected chi connectivity index (χ4v) is 3.01. The first-order valence-corrected chi connectivity index (χ1v) is 8.09. The van der Waals surface area contributed by atoms with Gasteiger partial charge in [-0.2, -0.15) is 0 Å². The van der Waals surface area contributed by atoms with Crippen molar-refractivity contribution in [3.05, 3.63) is 35.4 Å². The van der Waals surface area contributed by atoms with E-state index >= 15 is 0 Å². The third-order valence-corrected chi connectivity index (χ3v) is 4.42. The number of benzene rings is 1. The molecule has 1 amide bonds. The number of hydrogen-bond donors (Lipinski definition) is 3. The van der Waals surface area contributed by atoms with Crippen molar-refractivity contribution >= 4 is 50.4 Å². The molecule has 0 unspecified atom stereocenters. The normalized spacial score (nSPS) is 13.6. The van der Waals surface area contributed by atoms with Gasteiger partial charge < -0.3 is 15.5 Å². The average Bonchev–Trinajstić information content (AvgIpc) is 2.37. The summed E-state index contributed by atoms with van der Waals surface area (Å²) in [7, 11) is 0. The number of carbonyl (C=O) groups excluding carboxylic acids is 1. The Hall–Kier alpha value is -0.670. The van der Waals surface area contributed by atoms with Crippen molar-refractivity contribution < 1.29 is 19.8 Å². The Morgan fingerprint density at radius 2 is 1.90 bits per heavy atom. The second-order valence-corrected chi connectivity index (χ2v) is 6.93. The molecule has 0 saturated carbocycles. The Labute approximate surface area is 139 Å². The van der Waals surface area contributed by atoms with Crippen LogP contribution < -0.4 is 5.32 Å². The minimum Gasteiger partial charge on any atom is -0.465 e. The van der Waals surface area contributed by atoms with Gasteiger partial charge in [0.2, 0.25) is 0 Å². The third kappa shape index (κ3) is 5.37. The first kappa shape index (κ1) is 17.4. The Balaban J connectivity index is 2.83. The average molecular weight is 456 g/mol. The molecule has 20 heavy (non-hydrogen) atoms. The summed E-state index contributed by atoms with van der Waals surface area (Å²) < 4.78 is -0.765. The lowest BCUT2D eigenvalue weighted by Crippen LogP contribution is -2.45. The molecule has 0 heterocycles. The van der Waals surface area contributed by atoms with Crippen LogP contribution in [-0.4, -0.2) is 37.6 Å². The van der Waals surface area contributed by atoms with Gasteiger partial charge in [0, 0.05) is 25.0 Å². The van der Waals surface area contributed by atoms with Crippen LogP contribution in [0.4, 0.5) is 4.79 Å². The first-order valence-electron chi connectivity index (χ1n) is 5.89. The highest BCUT2D eigenvalue weighted by molar-refractivity contribution is 14.1. The van der Waals surface area contributed by atoms with Crippen molar-refractivity contribution in [2.45, 2.75) is 16.4 Å². The number of nitrogens with one attached hydrogen (secondary N) is 1. The van der Waals surface area contributed by atoms with Crippen LogP contribution in [0.1, 0.15) is 22.3 Å². The first-order chi connectivity index (χ1) is 9.40. The highest BCUT2D eigenvalue weighted by Gasteiger charge is 2.28. The fourth-order valence-electron chi connectivity index (χ4n) is 1.77. The highest BCUT2D eigenvalue weighted by Crippen LogP contribution is 2.25. The van der Waals surface area contributed by atoms with Gasteiger partial charge in [-0.05, 0) is 5.56 Å². The van der Waals surface area contributed by atoms with Gasteiger partial charge in [-0.15, -0.1) is 0 Å². The summed E-state index contributed by atoms with van der Waals surface area (Å²) in [5, 5.41) is 20.6. The smallest absolute Gasteiger partial charge is 0.405 e. The van der Waals surface area contributed by atoms with E-state index in [2.05, 4.69) is 21.2 Å². The van der Waals surface area contributed by atoms with Crippen molar-refractivity contribution in [3.63, 3.8) is 0 Å². The van der Waals surface area contributed by atoms with Gasteiger partial charge in [0.05, 0.1) is 5.33 Å². The minimum atomic E-state index is -1.13. The van der Waals surface area contributed by atoms with Crippen LogP contribution in [0, 0.1) is 0 Å². The number of amides is 1. The van der Waals surface area contributed by atoms with Gasteiger partial charge in [0.15, 0.2) is 5.78 Å². The molecular weight excluding hydrogens is 441 g/mol. The molecule has 7 heteroatoms. The molecule has 5 nitrogen and oxygen atoms in total. The summed E-state index contributed by atoms with van der Waals surface area (Å²) in [5.74, 6) is -0.00342. The van der Waals surface area contributed by atoms with Crippen LogP contribution in [0.2, 0.25) is 0 Å². The lowest BCUT2D eigenvalue weighted by Gasteiger charge is -2.27. The quantitative estimate of drug-likeness (QED) is 0.255. The van der Waals surface area contributed by atoms with Gasteiger partial charge in [0.1, 0.15) is 3.55 Å². The van der Waals surface area contributed by atoms with Crippen molar-refractivity contribution in [2.75, 3.05) is 11.9 Å². The van der Waals surface area contributed by atoms with E-state index in [9.17, 15) is 9.59 Å². The Kier molecular flexibility index (Phi) is 6.90. The van der Waals surface area contributed by atoms with Crippen LogP contribution in [-0.2, 0) is 6.42 Å². The maximum Gasteiger partial charge on any atom is 0.405 e. The summed E-state index contributed by atoms with van der Waals surface area (Å²) in [5.41, 5.74) is 1.51. The van der Waals surface area contributed by atoms with E-state index in [1.54, 1.807) is 24.3 Å². The third-order valence-electron chi connectivity index (χ3n) is 2.72. The molecule has 1 aromatic rings. The highest BCUT2D eigenvalue weighted by atomic mass is 127. The SMILES string of the molecule is O=C(O)N[C@@](I)(CCO)Cc1ccc(C(=O)CBr)cc1. The zero-order valence-corrected chi connectivity index (χ0v) is 14.3. The minimum absolute atomic E-state index is 0.00342. The number of alkyl halides is 2. The van der Waals surface area contributed by atoms with E-state index in [1.807, 2.05) is 22.6 Å². The predicted molar refractivity (Wildman–Crippen MR) is 87.9 cm³/mol. The van der Waals surface area contributed by atoms with Gasteiger partial charge in [-0.25, -0.2) is 4.79 Å². The van der Waals surface area contributed by atoms with Crippen LogP contribution >= 0.6 is 38.5 Å². The molecular formula is C13H15BrINO4. The maximum absolute atomic E-state index is 11.5. The molecule has 0 bridgehead atoms. The molecule has 1 rings (SSSR count). The zero-order chi connectivity index (χ0) is 15.2. The van der Waals surface area contributed by atoms with Gasteiger partial charge in [-0.1, -0.05) is 62.8 Å². The van der Waals surface area contributed by atoms with Crippen LogP contribution in [0.15, 0.2) is 24.3 Å². The second kappa shape index (κ2) is 7.94. The van der Waals surface area contributed by atoms with Crippen molar-refractivity contribution in [2.24, 2.45) is 0 Å². The summed E-state index contributed by atoms with van der Waals surface area (Å²) in [6.07, 6.45) is -0.385. The molecule has 0 aromatic heterocycles. The number of carbonyl (C=O) groups is 2. The topological polar surface area (TPSA) is 86.6 Å². The Bertz CT molecular complexity index is 480. The molecule has 1 atom stereocenters. The largest absolute Gasteiger partial charge is 0.465 e. The van der Waals surface area contributed by atoms with Crippen LogP contribution in [0.5, 0.6) is 0 Å². The van der Waals surface area contributed by atoms with Gasteiger partial charge >= 0.3 is 6.09 Å². The zero-order valence-electron chi connectivity index (χ0n) is 10.6. The Morgan fingerprint density at radius 1 is 1.30 bits per heavy atom. The van der Waals surface area contributed by atoms with E-state index < -0.39 is 9.64 Å². The summed E-state index contributed by atoms with van der Waals surface area (Å²) in [6.45, 7) is -0.108. The molecule has 0 aliphatic heterocycles. The molecule has 0 aliphatic carbocycles. The summed E-state index contributed by atoms with van der Waals surface area (Å²) in [4.78, 5) is 22.3. The van der Waals surface area contributed by atoms with Gasteiger partial charge in [-0.3, -0.25) is 4.79 Å². The van der Waals surface area contributed by atoms with E-state index in [0.717, 1.165) is 5.56 Å². The number of aliphatic hydroxyl groups excluding tert-OH is 1. The molecule has 0 saturated heterocycles. The second-order valence-electron chi connectivity index (χ2n) is 4.30. The number of ketones is 1. The van der Waals surface area contributed by atoms with Crippen LogP contribution in [0.3, 0.4) is 0 Å². The van der Waals surface area contributed by atoms with Gasteiger partial charge in [0.25, 0.3) is 0 Å². The lowest BCUT2D eigenvalue weighted by molar-refractivity contribution is 0.102. The predicted octanol–water partition coefficient (Wildman–Crippen LogP) is 2.59. The molecule has 0 aliphatic rings. The maximum atomic E-state index is 11.5. The van der Waals surface area contributed by atoms with Crippen molar-refractivity contribution in [1.82, 2.24) is 5.32 Å².